The van der Waals surface area contributed by atoms with E-state index in [0.29, 0.717) is 5.82 Å². The molecule has 3 nitrogen and oxygen atoms in total. The fourth-order valence-electron chi connectivity index (χ4n) is 2.56. The molecular weight excluding hydrogens is 394 g/mol. The van der Waals surface area contributed by atoms with Crippen molar-refractivity contribution in [1.29, 1.82) is 0 Å². The van der Waals surface area contributed by atoms with Crippen molar-refractivity contribution in [2.45, 2.75) is 0 Å². The third-order valence-corrected chi connectivity index (χ3v) is 5.08. The van der Waals surface area contributed by atoms with E-state index < -0.39 is 0 Å². The number of benzene rings is 2. The van der Waals surface area contributed by atoms with Gasteiger partial charge < -0.3 is 0 Å². The van der Waals surface area contributed by atoms with E-state index in [-0.39, 0.29) is 0 Å². The Morgan fingerprint density at radius 3 is 2.36 bits per heavy atom. The maximum atomic E-state index is 4.74. The third kappa shape index (κ3) is 3.48. The fourth-order valence-corrected chi connectivity index (χ4v) is 3.73. The number of hydrogen-bond donors (Lipinski definition) is 0. The van der Waals surface area contributed by atoms with Crippen LogP contribution in [0.15, 0.2) is 93.8 Å². The first-order chi connectivity index (χ1) is 12.3. The van der Waals surface area contributed by atoms with E-state index in [2.05, 4.69) is 67.3 Å². The standard InChI is InChI=1S/C20H14BrN3S/c21-16-11-9-15(10-12-16)18-14-25-20(23-19-8-4-5-13-22-19)24(18)17-6-2-1-3-7-17/h1-14H. The highest BCUT2D eigenvalue weighted by atomic mass is 79.9. The average Bonchev–Trinajstić information content (AvgIpc) is 3.07. The summed E-state index contributed by atoms with van der Waals surface area (Å²) in [7, 11) is 0. The summed E-state index contributed by atoms with van der Waals surface area (Å²) in [6, 6.07) is 24.3. The minimum atomic E-state index is 0.705. The molecule has 0 aliphatic rings. The highest BCUT2D eigenvalue weighted by Crippen LogP contribution is 2.25. The maximum Gasteiger partial charge on any atom is 0.196 e. The predicted molar refractivity (Wildman–Crippen MR) is 106 cm³/mol. The maximum absolute atomic E-state index is 4.74. The Morgan fingerprint density at radius 2 is 1.64 bits per heavy atom. The molecular formula is C20H14BrN3S. The largest absolute Gasteiger partial charge is 0.285 e. The monoisotopic (exact) mass is 407 g/mol. The number of thiazole rings is 1. The zero-order valence-corrected chi connectivity index (χ0v) is 15.6. The third-order valence-electron chi connectivity index (χ3n) is 3.72. The van der Waals surface area contributed by atoms with Crippen molar-refractivity contribution in [2.24, 2.45) is 4.99 Å². The van der Waals surface area contributed by atoms with Crippen molar-refractivity contribution in [3.63, 3.8) is 0 Å². The molecule has 4 aromatic rings. The molecule has 2 heterocycles. The molecule has 0 unspecified atom stereocenters. The second-order valence-corrected chi connectivity index (χ2v) is 7.13. The van der Waals surface area contributed by atoms with E-state index in [4.69, 9.17) is 4.99 Å². The van der Waals surface area contributed by atoms with Gasteiger partial charge in [0.2, 0.25) is 0 Å². The molecule has 2 aromatic carbocycles. The second kappa shape index (κ2) is 7.17. The molecule has 5 heteroatoms. The number of nitrogens with zero attached hydrogens (tertiary/aromatic N) is 3. The molecule has 0 N–H and O–H groups in total. The van der Waals surface area contributed by atoms with E-state index in [0.717, 1.165) is 26.2 Å². The van der Waals surface area contributed by atoms with Gasteiger partial charge in [0, 0.05) is 21.7 Å². The molecule has 0 radical (unpaired) electrons. The van der Waals surface area contributed by atoms with E-state index in [1.165, 1.54) is 0 Å². The summed E-state index contributed by atoms with van der Waals surface area (Å²) in [5.74, 6) is 0.705. The van der Waals surface area contributed by atoms with Gasteiger partial charge in [0.25, 0.3) is 0 Å². The van der Waals surface area contributed by atoms with Gasteiger partial charge >= 0.3 is 0 Å². The SMILES string of the molecule is Brc1ccc(-c2csc(=Nc3ccccn3)n2-c2ccccc2)cc1. The van der Waals surface area contributed by atoms with Crippen molar-refractivity contribution in [1.82, 2.24) is 9.55 Å². The lowest BCUT2D eigenvalue weighted by Crippen LogP contribution is -2.13. The molecule has 0 aliphatic heterocycles. The fraction of sp³-hybridized carbons (Fsp3) is 0. The first-order valence-electron chi connectivity index (χ1n) is 7.79. The van der Waals surface area contributed by atoms with Crippen molar-refractivity contribution < 1.29 is 0 Å². The van der Waals surface area contributed by atoms with Crippen molar-refractivity contribution in [2.75, 3.05) is 0 Å². The van der Waals surface area contributed by atoms with Gasteiger partial charge in [-0.05, 0) is 42.0 Å². The highest BCUT2D eigenvalue weighted by Gasteiger charge is 2.10. The van der Waals surface area contributed by atoms with Gasteiger partial charge in [-0.2, -0.15) is 0 Å². The van der Waals surface area contributed by atoms with Crippen molar-refractivity contribution >= 4 is 33.1 Å². The second-order valence-electron chi connectivity index (χ2n) is 5.38. The number of aromatic nitrogens is 2. The van der Waals surface area contributed by atoms with Crippen LogP contribution in [0.5, 0.6) is 0 Å². The molecule has 0 fully saturated rings. The van der Waals surface area contributed by atoms with Crippen LogP contribution in [0.2, 0.25) is 0 Å². The van der Waals surface area contributed by atoms with Gasteiger partial charge in [0.05, 0.1) is 5.69 Å². The van der Waals surface area contributed by atoms with E-state index in [1.807, 2.05) is 36.4 Å². The van der Waals surface area contributed by atoms with Gasteiger partial charge in [-0.3, -0.25) is 4.57 Å². The van der Waals surface area contributed by atoms with Crippen molar-refractivity contribution in [3.8, 4) is 16.9 Å². The summed E-state index contributed by atoms with van der Waals surface area (Å²) in [6.45, 7) is 0. The van der Waals surface area contributed by atoms with Gasteiger partial charge in [-0.15, -0.1) is 11.3 Å². The van der Waals surface area contributed by atoms with Crippen LogP contribution in [0, 0.1) is 0 Å². The summed E-state index contributed by atoms with van der Waals surface area (Å²) in [6.07, 6.45) is 1.76. The Kier molecular flexibility index (Phi) is 4.59. The van der Waals surface area contributed by atoms with Crippen LogP contribution < -0.4 is 4.80 Å². The lowest BCUT2D eigenvalue weighted by atomic mass is 10.1. The Bertz CT molecular complexity index is 1040. The van der Waals surface area contributed by atoms with Crippen LogP contribution in [0.4, 0.5) is 5.82 Å². The van der Waals surface area contributed by atoms with Crippen LogP contribution >= 0.6 is 27.3 Å². The summed E-state index contributed by atoms with van der Waals surface area (Å²) in [5, 5.41) is 2.14. The van der Waals surface area contributed by atoms with Crippen molar-refractivity contribution in [3.05, 3.63) is 93.6 Å². The molecule has 0 saturated carbocycles. The van der Waals surface area contributed by atoms with Crippen LogP contribution in [0.3, 0.4) is 0 Å². The number of pyridine rings is 1. The zero-order chi connectivity index (χ0) is 17.1. The van der Waals surface area contributed by atoms with Crippen LogP contribution in [-0.2, 0) is 0 Å². The smallest absolute Gasteiger partial charge is 0.196 e. The molecule has 0 aliphatic carbocycles. The summed E-state index contributed by atoms with van der Waals surface area (Å²) in [5.41, 5.74) is 3.33. The lowest BCUT2D eigenvalue weighted by molar-refractivity contribution is 1.00. The average molecular weight is 408 g/mol. The van der Waals surface area contributed by atoms with Gasteiger partial charge in [0.15, 0.2) is 10.6 Å². The molecule has 4 rings (SSSR count). The summed E-state index contributed by atoms with van der Waals surface area (Å²) < 4.78 is 3.24. The molecule has 2 aromatic heterocycles. The number of rotatable bonds is 3. The van der Waals surface area contributed by atoms with Crippen LogP contribution in [0.1, 0.15) is 0 Å². The number of para-hydroxylation sites is 1. The molecule has 122 valence electrons. The molecule has 25 heavy (non-hydrogen) atoms. The lowest BCUT2D eigenvalue weighted by Gasteiger charge is -2.09. The van der Waals surface area contributed by atoms with Crippen LogP contribution in [-0.4, -0.2) is 9.55 Å². The van der Waals surface area contributed by atoms with Gasteiger partial charge in [-0.1, -0.05) is 52.3 Å². The van der Waals surface area contributed by atoms with E-state index >= 15 is 0 Å². The highest BCUT2D eigenvalue weighted by molar-refractivity contribution is 9.10. The normalized spacial score (nSPS) is 11.6. The topological polar surface area (TPSA) is 30.2 Å². The Morgan fingerprint density at radius 1 is 0.880 bits per heavy atom. The van der Waals surface area contributed by atoms with E-state index in [1.54, 1.807) is 17.5 Å². The van der Waals surface area contributed by atoms with Gasteiger partial charge in [-0.25, -0.2) is 9.98 Å². The Balaban J connectivity index is 1.94. The number of halogens is 1. The molecule has 0 bridgehead atoms. The molecule has 0 amide bonds. The van der Waals surface area contributed by atoms with Gasteiger partial charge in [0.1, 0.15) is 0 Å². The first-order valence-corrected chi connectivity index (χ1v) is 9.46. The summed E-state index contributed by atoms with van der Waals surface area (Å²) >= 11 is 5.11. The predicted octanol–water partition coefficient (Wildman–Crippen LogP) is 5.60. The quantitative estimate of drug-likeness (QED) is 0.434. The first kappa shape index (κ1) is 16.0. The minimum absolute atomic E-state index is 0.705. The summed E-state index contributed by atoms with van der Waals surface area (Å²) in [4.78, 5) is 9.96. The molecule has 0 spiro atoms. The Hall–Kier alpha value is -2.50. The zero-order valence-electron chi connectivity index (χ0n) is 13.2. The molecule has 0 saturated heterocycles. The minimum Gasteiger partial charge on any atom is -0.285 e. The Labute approximate surface area is 158 Å². The molecule has 0 atom stereocenters. The van der Waals surface area contributed by atoms with E-state index in [9.17, 15) is 0 Å². The number of hydrogen-bond acceptors (Lipinski definition) is 3. The van der Waals surface area contributed by atoms with Crippen LogP contribution in [0.25, 0.3) is 16.9 Å².